The number of nitrogens with one attached hydrogen (secondary N) is 1. The van der Waals surface area contributed by atoms with E-state index in [1.165, 1.54) is 16.6 Å². The van der Waals surface area contributed by atoms with E-state index in [9.17, 15) is 9.59 Å². The van der Waals surface area contributed by atoms with Crippen molar-refractivity contribution in [3.8, 4) is 5.69 Å². The molecule has 1 amide bonds. The van der Waals surface area contributed by atoms with E-state index in [0.717, 1.165) is 33.6 Å². The minimum atomic E-state index is -0.198. The molecule has 9 heteroatoms. The Bertz CT molecular complexity index is 1380. The molecule has 1 aliphatic rings. The number of thioether (sulfide) groups is 2. The molecule has 0 saturated carbocycles. The van der Waals surface area contributed by atoms with E-state index in [1.807, 2.05) is 48.2 Å². The fourth-order valence-electron chi connectivity index (χ4n) is 3.82. The molecule has 1 aliphatic heterocycles. The Morgan fingerprint density at radius 1 is 1.18 bits per heavy atom. The summed E-state index contributed by atoms with van der Waals surface area (Å²) in [5.41, 5.74) is 1.80. The molecule has 0 spiro atoms. The molecule has 0 unspecified atom stereocenters. The summed E-state index contributed by atoms with van der Waals surface area (Å²) < 4.78 is 1.73. The molecule has 1 aromatic carbocycles. The van der Waals surface area contributed by atoms with Gasteiger partial charge in [-0.1, -0.05) is 49.9 Å². The quantitative estimate of drug-likeness (QED) is 0.306. The van der Waals surface area contributed by atoms with E-state index in [1.54, 1.807) is 34.2 Å². The van der Waals surface area contributed by atoms with Crippen LogP contribution in [0.3, 0.4) is 0 Å². The number of rotatable bonds is 5. The number of hydrogen-bond donors (Lipinski definition) is 1. The molecule has 0 radical (unpaired) electrons. The number of nitrogens with zero attached hydrogens (tertiary/aromatic N) is 3. The van der Waals surface area contributed by atoms with Gasteiger partial charge >= 0.3 is 0 Å². The van der Waals surface area contributed by atoms with Crippen LogP contribution in [-0.4, -0.2) is 30.9 Å². The van der Waals surface area contributed by atoms with Gasteiger partial charge in [-0.15, -0.1) is 23.1 Å². The first-order valence-corrected chi connectivity index (χ1v) is 13.3. The van der Waals surface area contributed by atoms with Crippen LogP contribution in [0.2, 0.25) is 0 Å². The molecule has 5 rings (SSSR count). The summed E-state index contributed by atoms with van der Waals surface area (Å²) in [7, 11) is 0. The predicted octanol–water partition coefficient (Wildman–Crippen LogP) is 5.14. The van der Waals surface area contributed by atoms with E-state index in [-0.39, 0.29) is 22.0 Å². The van der Waals surface area contributed by atoms with Crippen molar-refractivity contribution in [1.82, 2.24) is 14.5 Å². The zero-order valence-corrected chi connectivity index (χ0v) is 20.6. The van der Waals surface area contributed by atoms with Crippen molar-refractivity contribution >= 4 is 56.8 Å². The van der Waals surface area contributed by atoms with Crippen molar-refractivity contribution in [1.29, 1.82) is 0 Å². The minimum absolute atomic E-state index is 0.0703. The maximum absolute atomic E-state index is 13.8. The number of benzene rings is 1. The lowest BCUT2D eigenvalue weighted by atomic mass is 10.00. The minimum Gasteiger partial charge on any atom is -0.310 e. The Kier molecular flexibility index (Phi) is 6.03. The molecule has 4 aromatic rings. The molecular formula is C24H22N4O2S3. The summed E-state index contributed by atoms with van der Waals surface area (Å²) in [4.78, 5) is 37.4. The van der Waals surface area contributed by atoms with Gasteiger partial charge in [-0.05, 0) is 36.2 Å². The number of carbonyl (C=O) groups is 1. The Hall–Kier alpha value is -2.62. The molecule has 1 N–H and O–H groups in total. The summed E-state index contributed by atoms with van der Waals surface area (Å²) in [6.45, 7) is 4.44. The van der Waals surface area contributed by atoms with Gasteiger partial charge in [0.1, 0.15) is 10.6 Å². The van der Waals surface area contributed by atoms with Gasteiger partial charge in [-0.3, -0.25) is 14.2 Å². The van der Waals surface area contributed by atoms with Crippen LogP contribution >= 0.6 is 34.9 Å². The molecule has 0 fully saturated rings. The number of aromatic nitrogens is 3. The zero-order valence-electron chi connectivity index (χ0n) is 18.2. The van der Waals surface area contributed by atoms with Gasteiger partial charge < -0.3 is 5.32 Å². The number of amides is 1. The van der Waals surface area contributed by atoms with E-state index in [4.69, 9.17) is 4.98 Å². The first kappa shape index (κ1) is 22.2. The van der Waals surface area contributed by atoms with Crippen LogP contribution in [0.15, 0.2) is 64.7 Å². The van der Waals surface area contributed by atoms with E-state index in [0.29, 0.717) is 11.0 Å². The highest BCUT2D eigenvalue weighted by Gasteiger charge is 2.31. The van der Waals surface area contributed by atoms with Gasteiger partial charge in [-0.2, -0.15) is 0 Å². The third-order valence-electron chi connectivity index (χ3n) is 5.35. The largest absolute Gasteiger partial charge is 0.310 e. The number of carbonyl (C=O) groups excluding carboxylic acids is 1. The number of anilines is 1. The first-order valence-electron chi connectivity index (χ1n) is 10.5. The van der Waals surface area contributed by atoms with Crippen LogP contribution in [0.4, 0.5) is 5.82 Å². The van der Waals surface area contributed by atoms with Crippen LogP contribution < -0.4 is 10.9 Å². The first-order chi connectivity index (χ1) is 15.9. The second-order valence-electron chi connectivity index (χ2n) is 8.33. The Morgan fingerprint density at radius 2 is 1.97 bits per heavy atom. The predicted molar refractivity (Wildman–Crippen MR) is 138 cm³/mol. The highest BCUT2D eigenvalue weighted by molar-refractivity contribution is 8.00. The summed E-state index contributed by atoms with van der Waals surface area (Å²) in [6, 6.07) is 14.9. The fourth-order valence-corrected chi connectivity index (χ4v) is 7.02. The lowest BCUT2D eigenvalue weighted by Crippen LogP contribution is -2.26. The lowest BCUT2D eigenvalue weighted by molar-refractivity contribution is -0.113. The maximum Gasteiger partial charge on any atom is 0.267 e. The van der Waals surface area contributed by atoms with Crippen LogP contribution in [0.5, 0.6) is 0 Å². The maximum atomic E-state index is 13.8. The molecule has 0 bridgehead atoms. The molecule has 0 aliphatic carbocycles. The van der Waals surface area contributed by atoms with Crippen LogP contribution in [0.25, 0.3) is 15.9 Å². The Balaban J connectivity index is 1.55. The van der Waals surface area contributed by atoms with E-state index in [2.05, 4.69) is 24.1 Å². The van der Waals surface area contributed by atoms with Gasteiger partial charge in [-0.25, -0.2) is 9.97 Å². The topological polar surface area (TPSA) is 76.9 Å². The second kappa shape index (κ2) is 8.96. The van der Waals surface area contributed by atoms with Gasteiger partial charge in [0.25, 0.3) is 5.56 Å². The van der Waals surface area contributed by atoms with Crippen molar-refractivity contribution in [2.75, 3.05) is 11.1 Å². The second-order valence-corrected chi connectivity index (χ2v) is 12.0. The number of para-hydroxylation sites is 1. The zero-order chi connectivity index (χ0) is 23.0. The monoisotopic (exact) mass is 494 g/mol. The molecular weight excluding hydrogens is 472 g/mol. The van der Waals surface area contributed by atoms with Gasteiger partial charge in [0.05, 0.1) is 16.8 Å². The van der Waals surface area contributed by atoms with Gasteiger partial charge in [0, 0.05) is 21.6 Å². The number of fused-ring (bicyclic) bond motifs is 3. The molecule has 6 nitrogen and oxygen atoms in total. The van der Waals surface area contributed by atoms with Crippen molar-refractivity contribution in [3.05, 3.63) is 75.5 Å². The highest BCUT2D eigenvalue weighted by Crippen LogP contribution is 2.44. The SMILES string of the molecule is CC1(C)Cc2c(sc3nc(SCC(=O)Nc4ccccn4)n(-c4ccccc4)c(=O)c23)CS1. The van der Waals surface area contributed by atoms with Crippen molar-refractivity contribution in [3.63, 3.8) is 0 Å². The van der Waals surface area contributed by atoms with Crippen LogP contribution in [0.1, 0.15) is 24.3 Å². The molecule has 0 atom stereocenters. The summed E-state index contributed by atoms with van der Waals surface area (Å²) >= 11 is 4.77. The summed E-state index contributed by atoms with van der Waals surface area (Å²) in [5, 5.41) is 4.02. The van der Waals surface area contributed by atoms with Crippen LogP contribution in [0, 0.1) is 0 Å². The molecule has 0 saturated heterocycles. The average molecular weight is 495 g/mol. The molecule has 4 heterocycles. The Morgan fingerprint density at radius 3 is 2.73 bits per heavy atom. The number of pyridine rings is 1. The van der Waals surface area contributed by atoms with Crippen molar-refractivity contribution in [2.24, 2.45) is 0 Å². The van der Waals surface area contributed by atoms with Gasteiger partial charge in [0.15, 0.2) is 5.16 Å². The standard InChI is InChI=1S/C24H22N4O2S3/c1-24(2)12-16-17(13-32-24)33-21-20(16)22(30)28(15-8-4-3-5-9-15)23(27-21)31-14-19(29)26-18-10-6-7-11-25-18/h3-11H,12-14H2,1-2H3,(H,25,26,29). The van der Waals surface area contributed by atoms with E-state index < -0.39 is 0 Å². The third-order valence-corrected chi connectivity index (χ3v) is 8.96. The molecule has 168 valence electrons. The summed E-state index contributed by atoms with van der Waals surface area (Å²) in [5.74, 6) is 1.31. The van der Waals surface area contributed by atoms with E-state index >= 15 is 0 Å². The smallest absolute Gasteiger partial charge is 0.267 e. The van der Waals surface area contributed by atoms with Crippen molar-refractivity contribution < 1.29 is 4.79 Å². The normalized spacial score (nSPS) is 14.7. The fraction of sp³-hybridized carbons (Fsp3) is 0.250. The lowest BCUT2D eigenvalue weighted by Gasteiger charge is -2.28. The highest BCUT2D eigenvalue weighted by atomic mass is 32.2. The van der Waals surface area contributed by atoms with Crippen molar-refractivity contribution in [2.45, 2.75) is 35.9 Å². The van der Waals surface area contributed by atoms with Gasteiger partial charge in [0.2, 0.25) is 5.91 Å². The third kappa shape index (κ3) is 4.58. The number of thiophene rings is 1. The van der Waals surface area contributed by atoms with Crippen LogP contribution in [-0.2, 0) is 17.0 Å². The molecule has 3 aromatic heterocycles. The molecule has 33 heavy (non-hydrogen) atoms. The summed E-state index contributed by atoms with van der Waals surface area (Å²) in [6.07, 6.45) is 2.47. The number of hydrogen-bond acceptors (Lipinski definition) is 7. The Labute approximate surface area is 203 Å². The average Bonchev–Trinajstić information content (AvgIpc) is 3.15.